The molecule has 288 valence electrons. The fourth-order valence-corrected chi connectivity index (χ4v) is 13.9. The first kappa shape index (κ1) is 36.3. The molecule has 5 saturated carbocycles. The zero-order chi connectivity index (χ0) is 38.0. The second kappa shape index (κ2) is 11.0. The van der Waals surface area contributed by atoms with Gasteiger partial charge in [-0.15, -0.1) is 0 Å². The Morgan fingerprint density at radius 3 is 2.21 bits per heavy atom. The number of nitrogens with two attached hydrogens (primary N) is 1. The van der Waals surface area contributed by atoms with Crippen LogP contribution in [-0.2, 0) is 52.4 Å². The van der Waals surface area contributed by atoms with Crippen LogP contribution in [0, 0.1) is 63.6 Å². The standard InChI is InChI=1S/C38H53NO13/c1-13(2)10-22(43)50-36(9)33(46)52-38-32(51-38)14(3)24-26(35(36,38)8)28(44)25-23-18(12-21(34(24,25)7)47-16(5)41)37(15(4)40)19(11-20-29(49-20)31(37)45)27(39)30(23)48-17(6)42/h13-14,18-21,23-32,44-45H,10-12,39H2,1-9H3/t14-,18?,19+,20-,21-,23?,24-,25+,26-,27-,28+,29-,30+,31-,32+,34+,35-,36+,37+,38-/m0/s1. The summed E-state index contributed by atoms with van der Waals surface area (Å²) in [6.45, 7) is 15.0. The Labute approximate surface area is 303 Å². The summed E-state index contributed by atoms with van der Waals surface area (Å²) in [6, 6.07) is -0.909. The van der Waals surface area contributed by atoms with Crippen LogP contribution >= 0.6 is 0 Å². The molecule has 3 aliphatic heterocycles. The second-order valence-corrected chi connectivity index (χ2v) is 18.3. The Balaban J connectivity index is 1.34. The van der Waals surface area contributed by atoms with E-state index in [0.29, 0.717) is 6.42 Å². The minimum atomic E-state index is -1.88. The molecule has 3 heterocycles. The number of ether oxygens (including phenoxy) is 6. The van der Waals surface area contributed by atoms with Crippen LogP contribution < -0.4 is 5.73 Å². The highest BCUT2D eigenvalue weighted by Gasteiger charge is 2.93. The number of epoxide rings is 2. The van der Waals surface area contributed by atoms with Crippen molar-refractivity contribution in [2.45, 2.75) is 142 Å². The quantitative estimate of drug-likeness (QED) is 0.200. The molecule has 1 spiro atoms. The van der Waals surface area contributed by atoms with Gasteiger partial charge in [-0.3, -0.25) is 19.2 Å². The van der Waals surface area contributed by atoms with Crippen molar-refractivity contribution in [1.29, 1.82) is 0 Å². The molecule has 8 rings (SSSR count). The molecule has 4 N–H and O–H groups in total. The first-order valence-electron chi connectivity index (χ1n) is 18.9. The lowest BCUT2D eigenvalue weighted by molar-refractivity contribution is -0.244. The third-order valence-electron chi connectivity index (χ3n) is 15.8. The molecule has 8 fully saturated rings. The first-order valence-corrected chi connectivity index (χ1v) is 18.9. The third kappa shape index (κ3) is 4.06. The summed E-state index contributed by atoms with van der Waals surface area (Å²) in [5.74, 6) is -9.13. The van der Waals surface area contributed by atoms with Gasteiger partial charge in [0.1, 0.15) is 30.2 Å². The summed E-state index contributed by atoms with van der Waals surface area (Å²) in [5.41, 5.74) is 1.26. The number of aliphatic hydroxyl groups excluding tert-OH is 2. The van der Waals surface area contributed by atoms with Gasteiger partial charge in [-0.1, -0.05) is 27.7 Å². The van der Waals surface area contributed by atoms with Gasteiger partial charge in [0.05, 0.1) is 29.1 Å². The Bertz CT molecular complexity index is 1630. The number of rotatable bonds is 6. The normalized spacial score (nSPS) is 55.9. The van der Waals surface area contributed by atoms with Crippen molar-refractivity contribution in [3.8, 4) is 0 Å². The maximum absolute atomic E-state index is 14.2. The van der Waals surface area contributed by atoms with Crippen LogP contribution in [0.2, 0.25) is 0 Å². The number of Topliss-reactive ketones (excluding diaryl/α,β-unsaturated/α-hetero) is 1. The fourth-order valence-electron chi connectivity index (χ4n) is 13.9. The van der Waals surface area contributed by atoms with Crippen molar-refractivity contribution in [1.82, 2.24) is 0 Å². The van der Waals surface area contributed by atoms with Gasteiger partial charge in [0.15, 0.2) is 0 Å². The van der Waals surface area contributed by atoms with Crippen molar-refractivity contribution < 1.29 is 62.6 Å². The molecule has 52 heavy (non-hydrogen) atoms. The molecule has 2 unspecified atom stereocenters. The highest BCUT2D eigenvalue weighted by molar-refractivity contribution is 5.88. The van der Waals surface area contributed by atoms with E-state index in [2.05, 4.69) is 0 Å². The van der Waals surface area contributed by atoms with Gasteiger partial charge in [-0.05, 0) is 63.2 Å². The smallest absolute Gasteiger partial charge is 0.353 e. The minimum Gasteiger partial charge on any atom is -0.462 e. The fraction of sp³-hybridized carbons (Fsp3) is 0.868. The number of carbonyl (C=O) groups is 5. The van der Waals surface area contributed by atoms with E-state index in [-0.39, 0.29) is 36.6 Å². The van der Waals surface area contributed by atoms with E-state index in [1.54, 1.807) is 6.92 Å². The molecule has 0 aromatic heterocycles. The van der Waals surface area contributed by atoms with Gasteiger partial charge in [-0.25, -0.2) is 4.79 Å². The number of carbonyl (C=O) groups excluding carboxylic acids is 5. The van der Waals surface area contributed by atoms with Crippen LogP contribution in [0.1, 0.15) is 81.6 Å². The third-order valence-corrected chi connectivity index (χ3v) is 15.8. The van der Waals surface area contributed by atoms with Crippen LogP contribution in [0.15, 0.2) is 0 Å². The minimum absolute atomic E-state index is 0.0477. The van der Waals surface area contributed by atoms with Gasteiger partial charge in [-0.2, -0.15) is 0 Å². The largest absolute Gasteiger partial charge is 0.462 e. The molecule has 0 radical (unpaired) electrons. The van der Waals surface area contributed by atoms with Gasteiger partial charge >= 0.3 is 23.9 Å². The van der Waals surface area contributed by atoms with Crippen molar-refractivity contribution in [2.75, 3.05) is 0 Å². The lowest BCUT2D eigenvalue weighted by Gasteiger charge is -2.65. The lowest BCUT2D eigenvalue weighted by Crippen LogP contribution is -2.75. The molecule has 5 aliphatic carbocycles. The predicted octanol–water partition coefficient (Wildman–Crippen LogP) is 1.44. The summed E-state index contributed by atoms with van der Waals surface area (Å²) in [6.07, 6.45) is -5.41. The molecule has 3 saturated heterocycles. The maximum Gasteiger partial charge on any atom is 0.353 e. The molecule has 8 aliphatic rings. The molecular weight excluding hydrogens is 678 g/mol. The zero-order valence-corrected chi connectivity index (χ0v) is 31.3. The predicted molar refractivity (Wildman–Crippen MR) is 176 cm³/mol. The number of esters is 4. The summed E-state index contributed by atoms with van der Waals surface area (Å²) in [7, 11) is 0. The average Bonchev–Trinajstić information content (AvgIpc) is 3.93. The summed E-state index contributed by atoms with van der Waals surface area (Å²) >= 11 is 0. The van der Waals surface area contributed by atoms with E-state index < -0.39 is 130 Å². The van der Waals surface area contributed by atoms with Gasteiger partial charge in [0.25, 0.3) is 5.79 Å². The van der Waals surface area contributed by atoms with E-state index in [1.165, 1.54) is 27.7 Å². The zero-order valence-electron chi connectivity index (χ0n) is 31.3. The van der Waals surface area contributed by atoms with E-state index in [4.69, 9.17) is 34.2 Å². The average molecular weight is 732 g/mol. The number of ketones is 1. The maximum atomic E-state index is 14.2. The molecule has 0 aromatic carbocycles. The van der Waals surface area contributed by atoms with Gasteiger partial charge in [0, 0.05) is 49.5 Å². The molecule has 14 nitrogen and oxygen atoms in total. The summed E-state index contributed by atoms with van der Waals surface area (Å²) in [4.78, 5) is 67.5. The van der Waals surface area contributed by atoms with Crippen LogP contribution in [0.25, 0.3) is 0 Å². The van der Waals surface area contributed by atoms with Crippen molar-refractivity contribution in [3.63, 3.8) is 0 Å². The Hall–Kier alpha value is -2.65. The molecule has 14 heteroatoms. The monoisotopic (exact) mass is 731 g/mol. The molecule has 0 bridgehead atoms. The van der Waals surface area contributed by atoms with E-state index in [1.807, 2.05) is 27.7 Å². The van der Waals surface area contributed by atoms with Crippen molar-refractivity contribution in [2.24, 2.45) is 69.3 Å². The molecule has 0 aromatic rings. The van der Waals surface area contributed by atoms with Gasteiger partial charge < -0.3 is 44.4 Å². The van der Waals surface area contributed by atoms with Crippen LogP contribution in [0.4, 0.5) is 0 Å². The highest BCUT2D eigenvalue weighted by atomic mass is 16.8. The Kier molecular flexibility index (Phi) is 7.67. The van der Waals surface area contributed by atoms with E-state index >= 15 is 0 Å². The molecule has 20 atom stereocenters. The highest BCUT2D eigenvalue weighted by Crippen LogP contribution is 2.81. The summed E-state index contributed by atoms with van der Waals surface area (Å²) < 4.78 is 36.8. The number of aliphatic hydroxyl groups is 2. The number of hydrogen-bond donors (Lipinski definition) is 3. The van der Waals surface area contributed by atoms with Gasteiger partial charge in [0.2, 0.25) is 5.60 Å². The Morgan fingerprint density at radius 1 is 0.962 bits per heavy atom. The second-order valence-electron chi connectivity index (χ2n) is 18.3. The molecule has 0 amide bonds. The Morgan fingerprint density at radius 2 is 1.62 bits per heavy atom. The molecular formula is C38H53NO13. The number of hydrogen-bond acceptors (Lipinski definition) is 14. The van der Waals surface area contributed by atoms with Crippen LogP contribution in [-0.4, -0.2) is 100 Å². The van der Waals surface area contributed by atoms with E-state index in [9.17, 15) is 34.2 Å². The summed E-state index contributed by atoms with van der Waals surface area (Å²) in [5, 5.41) is 25.3. The first-order chi connectivity index (χ1) is 24.2. The van der Waals surface area contributed by atoms with Crippen molar-refractivity contribution in [3.05, 3.63) is 0 Å². The van der Waals surface area contributed by atoms with E-state index in [0.717, 1.165) is 0 Å². The topological polar surface area (TPSA) is 214 Å². The van der Waals surface area contributed by atoms with Crippen molar-refractivity contribution >= 4 is 29.7 Å². The van der Waals surface area contributed by atoms with Crippen LogP contribution in [0.5, 0.6) is 0 Å². The number of fused-ring (bicyclic) bond motifs is 9. The van der Waals surface area contributed by atoms with Crippen LogP contribution in [0.3, 0.4) is 0 Å². The SMILES string of the molecule is CC(=O)O[C@@H]1C2C(C[C@H](OC(C)=O)[C@]3(C)[C@H]4[C@H](C)[C@H]5O[C@]56OC(=O)[C@@](C)(OC(=O)CC(C)C)[C@]6(C)[C@@H]4[C@H](O)[C@@H]23)[C@]2(C(C)=O)[C@H](C[C@@H]3O[C@@H]3[C@@H]2O)[C@@H]1N. The lowest BCUT2D eigenvalue weighted by atomic mass is 9.40.